The highest BCUT2D eigenvalue weighted by Gasteiger charge is 2.62. The van der Waals surface area contributed by atoms with Crippen molar-refractivity contribution in [1.29, 1.82) is 0 Å². The summed E-state index contributed by atoms with van der Waals surface area (Å²) >= 11 is 0. The first-order valence-corrected chi connectivity index (χ1v) is 18.0. The highest BCUT2D eigenvalue weighted by Crippen LogP contribution is 2.68. The van der Waals surface area contributed by atoms with E-state index in [4.69, 9.17) is 14.2 Å². The molecule has 0 spiro atoms. The fourth-order valence-electron chi connectivity index (χ4n) is 10.5. The summed E-state index contributed by atoms with van der Waals surface area (Å²) in [5.41, 5.74) is 1.06. The van der Waals surface area contributed by atoms with E-state index >= 15 is 0 Å². The van der Waals surface area contributed by atoms with Crippen molar-refractivity contribution in [2.24, 2.45) is 51.7 Å². The van der Waals surface area contributed by atoms with Crippen molar-refractivity contribution in [3.05, 3.63) is 34.7 Å². The number of nitrogens with zero attached hydrogens (tertiary/aromatic N) is 1. The Kier molecular flexibility index (Phi) is 11.9. The number of carbonyl (C=O) groups is 2. The lowest BCUT2D eigenvalue weighted by Crippen LogP contribution is -2.58. The molecule has 0 saturated heterocycles. The SMILES string of the molecule is COc1cc(/C=C/C(=O)OCCCCON=O)ccc1OC(=O)CC[C@@H](C)[C@H]1CC[C@H]2[C@H]3C(CC[C@]12C)[C@@]1(C)CC[C@@H](O)C[C@H]1C[C@H]3O. The summed E-state index contributed by atoms with van der Waals surface area (Å²) in [7, 11) is 1.51. The number of methoxy groups -OCH3 is 1. The standard InChI is InChI=1S/C38H55NO9/c1-24(28-10-11-29-36-30(16-18-38(28,29)3)37(2)17-15-27(40)22-26(37)23-31(36)41)7-13-35(43)48-32-12-8-25(21-33(32)45-4)9-14-34(42)46-19-5-6-20-47-39-44/h8-9,12,14,21,24,26-31,36,40-41H,5-7,10-11,13,15-20,22-23H2,1-4H3/b14-9+/t24-,26+,27-,28-,29+,30?,31-,36+,37+,38-/m1/s1. The number of aliphatic hydroxyl groups excluding tert-OH is 2. The second kappa shape index (κ2) is 15.7. The predicted octanol–water partition coefficient (Wildman–Crippen LogP) is 7.04. The van der Waals surface area contributed by atoms with E-state index in [2.05, 4.69) is 30.9 Å². The Morgan fingerprint density at radius 3 is 2.52 bits per heavy atom. The van der Waals surface area contributed by atoms with Crippen LogP contribution in [0.1, 0.15) is 103 Å². The van der Waals surface area contributed by atoms with Crippen LogP contribution in [0.2, 0.25) is 0 Å². The zero-order chi connectivity index (χ0) is 34.5. The van der Waals surface area contributed by atoms with Gasteiger partial charge in [0.1, 0.15) is 6.61 Å². The lowest BCUT2D eigenvalue weighted by molar-refractivity contribution is -0.174. The lowest BCUT2D eigenvalue weighted by Gasteiger charge is -2.62. The summed E-state index contributed by atoms with van der Waals surface area (Å²) < 4.78 is 16.4. The van der Waals surface area contributed by atoms with Gasteiger partial charge in [-0.1, -0.05) is 26.8 Å². The molecule has 1 aromatic rings. The molecule has 5 rings (SSSR count). The molecule has 0 aliphatic heterocycles. The van der Waals surface area contributed by atoms with E-state index in [0.717, 1.165) is 51.4 Å². The Bertz CT molecular complexity index is 1320. The molecule has 4 fully saturated rings. The zero-order valence-electron chi connectivity index (χ0n) is 29.1. The lowest BCUT2D eigenvalue weighted by atomic mass is 9.43. The van der Waals surface area contributed by atoms with Gasteiger partial charge in [0, 0.05) is 12.5 Å². The topological polar surface area (TPSA) is 141 Å². The Labute approximate surface area is 284 Å². The zero-order valence-corrected chi connectivity index (χ0v) is 29.1. The molecule has 10 atom stereocenters. The maximum absolute atomic E-state index is 13.0. The summed E-state index contributed by atoms with van der Waals surface area (Å²) in [6, 6.07) is 5.11. The Balaban J connectivity index is 1.12. The molecule has 0 amide bonds. The largest absolute Gasteiger partial charge is 0.493 e. The number of carbonyl (C=O) groups excluding carboxylic acids is 2. The van der Waals surface area contributed by atoms with E-state index in [9.17, 15) is 24.7 Å². The second-order valence-electron chi connectivity index (χ2n) is 15.5. The van der Waals surface area contributed by atoms with Gasteiger partial charge in [-0.3, -0.25) is 4.79 Å². The van der Waals surface area contributed by atoms with Crippen LogP contribution >= 0.6 is 0 Å². The summed E-state index contributed by atoms with van der Waals surface area (Å²) in [5.74, 6) is 2.56. The van der Waals surface area contributed by atoms with E-state index in [0.29, 0.717) is 71.8 Å². The third kappa shape index (κ3) is 7.75. The third-order valence-electron chi connectivity index (χ3n) is 13.0. The molecule has 10 heteroatoms. The van der Waals surface area contributed by atoms with Gasteiger partial charge in [0.15, 0.2) is 16.8 Å². The van der Waals surface area contributed by atoms with Crippen LogP contribution in [0, 0.1) is 51.2 Å². The van der Waals surface area contributed by atoms with Gasteiger partial charge < -0.3 is 29.3 Å². The number of aliphatic hydroxyl groups is 2. The van der Waals surface area contributed by atoms with Crippen molar-refractivity contribution < 1.29 is 38.9 Å². The first-order chi connectivity index (χ1) is 23.0. The van der Waals surface area contributed by atoms with Crippen LogP contribution in [-0.4, -0.2) is 54.7 Å². The fraction of sp³-hybridized carbons (Fsp3) is 0.737. The molecule has 1 aromatic carbocycles. The number of ether oxygens (including phenoxy) is 3. The van der Waals surface area contributed by atoms with Gasteiger partial charge in [-0.05, 0) is 141 Å². The van der Waals surface area contributed by atoms with Crippen molar-refractivity contribution >= 4 is 18.0 Å². The summed E-state index contributed by atoms with van der Waals surface area (Å²) in [4.78, 5) is 39.3. The number of hydrogen-bond acceptors (Lipinski definition) is 10. The van der Waals surface area contributed by atoms with Gasteiger partial charge in [-0.2, -0.15) is 0 Å². The van der Waals surface area contributed by atoms with Crippen LogP contribution in [0.25, 0.3) is 6.08 Å². The quantitative estimate of drug-likeness (QED) is 0.0533. The van der Waals surface area contributed by atoms with Crippen LogP contribution in [0.15, 0.2) is 29.6 Å². The molecule has 4 aliphatic rings. The monoisotopic (exact) mass is 669 g/mol. The predicted molar refractivity (Wildman–Crippen MR) is 181 cm³/mol. The first kappa shape index (κ1) is 36.3. The van der Waals surface area contributed by atoms with E-state index in [1.807, 2.05) is 0 Å². The van der Waals surface area contributed by atoms with Gasteiger partial charge >= 0.3 is 11.9 Å². The minimum Gasteiger partial charge on any atom is -0.493 e. The van der Waals surface area contributed by atoms with Crippen molar-refractivity contribution in [1.82, 2.24) is 0 Å². The highest BCUT2D eigenvalue weighted by molar-refractivity contribution is 5.87. The second-order valence-corrected chi connectivity index (χ2v) is 15.5. The fourth-order valence-corrected chi connectivity index (χ4v) is 10.5. The molecule has 2 N–H and O–H groups in total. The molecule has 266 valence electrons. The molecule has 0 radical (unpaired) electrons. The average Bonchev–Trinajstić information content (AvgIpc) is 3.42. The molecule has 4 saturated carbocycles. The normalized spacial score (nSPS) is 34.8. The van der Waals surface area contributed by atoms with Gasteiger partial charge in [-0.25, -0.2) is 4.79 Å². The molecule has 48 heavy (non-hydrogen) atoms. The maximum atomic E-state index is 13.0. The van der Waals surface area contributed by atoms with Crippen molar-refractivity contribution in [2.45, 2.75) is 110 Å². The van der Waals surface area contributed by atoms with Crippen molar-refractivity contribution in [3.63, 3.8) is 0 Å². The summed E-state index contributed by atoms with van der Waals surface area (Å²) in [6.07, 6.45) is 12.8. The molecular weight excluding hydrogens is 614 g/mol. The highest BCUT2D eigenvalue weighted by atomic mass is 16.7. The molecular formula is C38H55NO9. The smallest absolute Gasteiger partial charge is 0.330 e. The third-order valence-corrected chi connectivity index (χ3v) is 13.0. The average molecular weight is 670 g/mol. The van der Waals surface area contributed by atoms with Crippen LogP contribution in [-0.2, 0) is 19.2 Å². The number of benzene rings is 1. The number of fused-ring (bicyclic) bond motifs is 5. The number of esters is 2. The maximum Gasteiger partial charge on any atom is 0.330 e. The van der Waals surface area contributed by atoms with Crippen LogP contribution < -0.4 is 9.47 Å². The molecule has 4 aliphatic carbocycles. The van der Waals surface area contributed by atoms with Gasteiger partial charge in [0.2, 0.25) is 0 Å². The molecule has 0 bridgehead atoms. The molecule has 10 nitrogen and oxygen atoms in total. The van der Waals surface area contributed by atoms with Crippen LogP contribution in [0.4, 0.5) is 0 Å². The summed E-state index contributed by atoms with van der Waals surface area (Å²) in [6.45, 7) is 7.58. The van der Waals surface area contributed by atoms with Gasteiger partial charge in [0.25, 0.3) is 0 Å². The Morgan fingerprint density at radius 1 is 1.00 bits per heavy atom. The van der Waals surface area contributed by atoms with E-state index < -0.39 is 5.97 Å². The molecule has 0 heterocycles. The van der Waals surface area contributed by atoms with E-state index in [1.54, 1.807) is 24.3 Å². The summed E-state index contributed by atoms with van der Waals surface area (Å²) in [5, 5.41) is 24.2. The van der Waals surface area contributed by atoms with Crippen LogP contribution in [0.3, 0.4) is 0 Å². The minimum absolute atomic E-state index is 0.158. The molecule has 0 aromatic heterocycles. The van der Waals surface area contributed by atoms with Crippen molar-refractivity contribution in [2.75, 3.05) is 20.3 Å². The van der Waals surface area contributed by atoms with E-state index in [-0.39, 0.29) is 42.2 Å². The Hall–Kier alpha value is -2.98. The van der Waals surface area contributed by atoms with Gasteiger partial charge in [-0.15, -0.1) is 4.91 Å². The number of rotatable bonds is 14. The Morgan fingerprint density at radius 2 is 1.75 bits per heavy atom. The number of hydrogen-bond donors (Lipinski definition) is 2. The molecule has 1 unspecified atom stereocenters. The number of unbranched alkanes of at least 4 members (excludes halogenated alkanes) is 1. The first-order valence-electron chi connectivity index (χ1n) is 18.0. The van der Waals surface area contributed by atoms with Crippen LogP contribution in [0.5, 0.6) is 11.5 Å². The van der Waals surface area contributed by atoms with E-state index in [1.165, 1.54) is 19.6 Å². The minimum atomic E-state index is -0.494. The van der Waals surface area contributed by atoms with Crippen molar-refractivity contribution in [3.8, 4) is 11.5 Å². The van der Waals surface area contributed by atoms with Gasteiger partial charge in [0.05, 0.1) is 25.9 Å².